The van der Waals surface area contributed by atoms with Crippen molar-refractivity contribution in [2.75, 3.05) is 30.9 Å². The molecule has 0 bridgehead atoms. The normalized spacial score (nSPS) is 28.9. The first kappa shape index (κ1) is 22.0. The zero-order valence-corrected chi connectivity index (χ0v) is 17.1. The molecule has 1 aliphatic heterocycles. The minimum Gasteiger partial charge on any atom is -0.760 e. The molecule has 3 heterocycles. The predicted octanol–water partition coefficient (Wildman–Crippen LogP) is -3.15. The molecule has 0 aromatic carbocycles. The minimum atomic E-state index is -4.83. The number of hydrogen-bond donors (Lipinski definition) is 4. The number of aromatic nitrogens is 4. The summed E-state index contributed by atoms with van der Waals surface area (Å²) >= 11 is 0. The monoisotopic (exact) mass is 451 g/mol. The molecule has 0 saturated carbocycles. The number of nitrogens with zero attached hydrogens (tertiary/aromatic N) is 5. The number of ether oxygens (including phenoxy) is 1. The van der Waals surface area contributed by atoms with Gasteiger partial charge in [0.15, 0.2) is 17.7 Å². The summed E-state index contributed by atoms with van der Waals surface area (Å²) in [4.78, 5) is 23.9. The molecule has 1 saturated heterocycles. The molecule has 162 valence electrons. The maximum Gasteiger partial charge on any atom is 0.259 e. The molecule has 3 rings (SSSR count). The molecule has 14 nitrogen and oxygen atoms in total. The second kappa shape index (κ2) is 8.20. The van der Waals surface area contributed by atoms with Gasteiger partial charge in [0.05, 0.1) is 35.0 Å². The fourth-order valence-corrected chi connectivity index (χ4v) is 5.94. The zero-order chi connectivity index (χ0) is 21.4. The van der Waals surface area contributed by atoms with Gasteiger partial charge in [-0.25, -0.2) is 19.2 Å². The van der Waals surface area contributed by atoms with E-state index in [4.69, 9.17) is 15.0 Å². The van der Waals surface area contributed by atoms with Crippen LogP contribution in [0.4, 0.5) is 5.82 Å². The topological polar surface area (TPSA) is 226 Å². The average Bonchev–Trinajstić information content (AvgIpc) is 3.16. The third-order valence-electron chi connectivity index (χ3n) is 4.20. The summed E-state index contributed by atoms with van der Waals surface area (Å²) in [5, 5.41) is 20.6. The van der Waals surface area contributed by atoms with Crippen LogP contribution in [0.3, 0.4) is 0 Å². The first-order valence-electron chi connectivity index (χ1n) is 8.45. The van der Waals surface area contributed by atoms with Crippen molar-refractivity contribution >= 4 is 34.5 Å². The Bertz CT molecular complexity index is 1060. The van der Waals surface area contributed by atoms with Crippen molar-refractivity contribution in [1.82, 2.24) is 19.5 Å². The number of aliphatic hydroxyl groups excluding tert-OH is 2. The molecule has 0 amide bonds. The van der Waals surface area contributed by atoms with Crippen LogP contribution in [0.2, 0.25) is 0 Å². The number of quaternary nitrogens is 1. The second-order valence-corrected chi connectivity index (χ2v) is 10.7. The van der Waals surface area contributed by atoms with Crippen molar-refractivity contribution < 1.29 is 38.9 Å². The van der Waals surface area contributed by atoms with Crippen LogP contribution in [-0.2, 0) is 23.6 Å². The Labute approximate surface area is 165 Å². The number of hydrogen-bond acceptors (Lipinski definition) is 11. The highest BCUT2D eigenvalue weighted by molar-refractivity contribution is 7.95. The lowest BCUT2D eigenvalue weighted by molar-refractivity contribution is -0.360. The van der Waals surface area contributed by atoms with Crippen LogP contribution in [0.1, 0.15) is 6.23 Å². The minimum absolute atomic E-state index is 0.00930. The molecule has 2 aromatic rings. The van der Waals surface area contributed by atoms with Crippen LogP contribution in [0.25, 0.3) is 11.2 Å². The van der Waals surface area contributed by atoms with Crippen LogP contribution < -0.4 is 16.4 Å². The van der Waals surface area contributed by atoms with E-state index in [0.29, 0.717) is 0 Å². The second-order valence-electron chi connectivity index (χ2n) is 6.49. The first-order valence-corrected chi connectivity index (χ1v) is 12.0. The number of nitrogens with two attached hydrogens (primary N) is 1. The number of nitrogen functional groups attached to an aromatic ring is 1. The van der Waals surface area contributed by atoms with Gasteiger partial charge in [-0.05, 0) is 0 Å². The summed E-state index contributed by atoms with van der Waals surface area (Å²) in [7, 11) is -7.84. The maximum absolute atomic E-state index is 12.1. The molecule has 0 spiro atoms. The van der Waals surface area contributed by atoms with Crippen molar-refractivity contribution in [3.8, 4) is 0 Å². The Balaban J connectivity index is 1.75. The number of imidazole rings is 1. The van der Waals surface area contributed by atoms with Crippen LogP contribution >= 0.6 is 7.75 Å². The molecular formula is C13H22N7O7PS. The van der Waals surface area contributed by atoms with E-state index in [1.54, 1.807) is 0 Å². The lowest BCUT2D eigenvalue weighted by Crippen LogP contribution is -2.52. The fourth-order valence-electron chi connectivity index (χ4n) is 2.86. The van der Waals surface area contributed by atoms with Gasteiger partial charge in [0.1, 0.15) is 30.2 Å². The van der Waals surface area contributed by atoms with Crippen molar-refractivity contribution in [3.05, 3.63) is 12.7 Å². The van der Waals surface area contributed by atoms with Crippen molar-refractivity contribution in [2.45, 2.75) is 24.5 Å². The van der Waals surface area contributed by atoms with Gasteiger partial charge < -0.3 is 35.8 Å². The first-order chi connectivity index (χ1) is 13.5. The molecule has 29 heavy (non-hydrogen) atoms. The van der Waals surface area contributed by atoms with Gasteiger partial charge in [-0.2, -0.15) is 4.13 Å². The summed E-state index contributed by atoms with van der Waals surface area (Å²) in [5.74, 6) is 0.117. The molecule has 2 unspecified atom stereocenters. The highest BCUT2D eigenvalue weighted by Crippen LogP contribution is 2.42. The fraction of sp³-hybridized carbons (Fsp3) is 0.615. The van der Waals surface area contributed by atoms with Crippen molar-refractivity contribution in [2.24, 2.45) is 4.13 Å². The van der Waals surface area contributed by atoms with Crippen molar-refractivity contribution in [1.29, 1.82) is 0 Å². The van der Waals surface area contributed by atoms with Crippen LogP contribution in [-0.4, -0.2) is 77.4 Å². The quantitative estimate of drug-likeness (QED) is 0.307. The third kappa shape index (κ3) is 4.73. The summed E-state index contributed by atoms with van der Waals surface area (Å²) in [6, 6.07) is 0. The molecule has 1 fully saturated rings. The molecule has 1 aliphatic rings. The number of fused-ring (bicyclic) bond motifs is 1. The van der Waals surface area contributed by atoms with Gasteiger partial charge in [-0.1, -0.05) is 0 Å². The number of anilines is 1. The average molecular weight is 451 g/mol. The van der Waals surface area contributed by atoms with Gasteiger partial charge in [0, 0.05) is 6.26 Å². The SMILES string of the molecule is CS(=O)(CC[NH3+])=NP(=O)([O-])OC[C@H]1O[C@@H](n2cnc3c(N)ncnc32)[C@H](O)[C@@H]1O. The van der Waals surface area contributed by atoms with Crippen LogP contribution in [0.15, 0.2) is 16.8 Å². The Hall–Kier alpha value is -1.71. The van der Waals surface area contributed by atoms with Gasteiger partial charge >= 0.3 is 0 Å². The summed E-state index contributed by atoms with van der Waals surface area (Å²) < 4.78 is 39.0. The molecule has 0 radical (unpaired) electrons. The third-order valence-corrected chi connectivity index (χ3v) is 7.90. The molecule has 2 aromatic heterocycles. The molecule has 16 heteroatoms. The van der Waals surface area contributed by atoms with E-state index >= 15 is 0 Å². The van der Waals surface area contributed by atoms with Gasteiger partial charge in [0.25, 0.3) is 7.75 Å². The summed E-state index contributed by atoms with van der Waals surface area (Å²) in [6.45, 7) is -0.396. The van der Waals surface area contributed by atoms with E-state index in [2.05, 4.69) is 24.8 Å². The van der Waals surface area contributed by atoms with E-state index in [9.17, 15) is 23.9 Å². The number of rotatable bonds is 7. The van der Waals surface area contributed by atoms with Crippen LogP contribution in [0, 0.1) is 0 Å². The highest BCUT2D eigenvalue weighted by Gasteiger charge is 2.44. The Kier molecular flexibility index (Phi) is 6.21. The van der Waals surface area contributed by atoms with E-state index in [-0.39, 0.29) is 29.3 Å². The highest BCUT2D eigenvalue weighted by atomic mass is 32.2. The van der Waals surface area contributed by atoms with E-state index < -0.39 is 48.6 Å². The zero-order valence-electron chi connectivity index (χ0n) is 15.4. The lowest BCUT2D eigenvalue weighted by atomic mass is 10.1. The van der Waals surface area contributed by atoms with Crippen LogP contribution in [0.5, 0.6) is 0 Å². The molecule has 0 aliphatic carbocycles. The molecular weight excluding hydrogens is 429 g/mol. The van der Waals surface area contributed by atoms with Gasteiger partial charge in [0.2, 0.25) is 0 Å². The standard InChI is InChI=1S/C13H22N7O7PS/c1-29(25,3-2-14)19-28(23,24)26-4-7-9(21)10(22)13(27-7)20-6-18-8-11(15)16-5-17-12(8)20/h5-7,9-10,13,21-22H,2-4,14H2,1H3,(H,23,24)(H2,15,16,17)/t7-,9-,10-,13-,29?/m1/s1. The lowest BCUT2D eigenvalue weighted by Gasteiger charge is -2.22. The number of aliphatic hydroxyl groups is 2. The van der Waals surface area contributed by atoms with Crippen molar-refractivity contribution in [3.63, 3.8) is 0 Å². The Morgan fingerprint density at radius 2 is 2.17 bits per heavy atom. The largest absolute Gasteiger partial charge is 0.760 e. The predicted molar refractivity (Wildman–Crippen MR) is 98.3 cm³/mol. The molecule has 6 atom stereocenters. The summed E-state index contributed by atoms with van der Waals surface area (Å²) in [6.07, 6.45) is -1.53. The smallest absolute Gasteiger partial charge is 0.259 e. The maximum atomic E-state index is 12.1. The summed E-state index contributed by atoms with van der Waals surface area (Å²) in [5.41, 5.74) is 9.78. The Morgan fingerprint density at radius 3 is 2.86 bits per heavy atom. The Morgan fingerprint density at radius 1 is 1.45 bits per heavy atom. The molecule has 7 N–H and O–H groups in total. The van der Waals surface area contributed by atoms with E-state index in [0.717, 1.165) is 0 Å². The van der Waals surface area contributed by atoms with Gasteiger partial charge in [-0.15, -0.1) is 0 Å². The van der Waals surface area contributed by atoms with E-state index in [1.807, 2.05) is 0 Å². The van der Waals surface area contributed by atoms with Gasteiger partial charge in [-0.3, -0.25) is 9.13 Å². The van der Waals surface area contributed by atoms with E-state index in [1.165, 1.54) is 23.5 Å².